The van der Waals surface area contributed by atoms with Gasteiger partial charge in [0.05, 0.1) is 19.7 Å². The zero-order chi connectivity index (χ0) is 11.0. The molecule has 0 aromatic rings. The molecule has 0 fully saturated rings. The van der Waals surface area contributed by atoms with Crippen LogP contribution in [0.15, 0.2) is 0 Å². The maximum absolute atomic E-state index is 11.0. The maximum atomic E-state index is 11.0. The summed E-state index contributed by atoms with van der Waals surface area (Å²) in [5.41, 5.74) is 0. The summed E-state index contributed by atoms with van der Waals surface area (Å²) in [5, 5.41) is 21.7. The molecule has 0 rings (SSSR count). The number of terminal acetylenes is 1. The molecule has 0 saturated carbocycles. The molecule has 0 aliphatic rings. The second kappa shape index (κ2) is 6.88. The number of rotatable bonds is 6. The Balaban J connectivity index is 3.80. The van der Waals surface area contributed by atoms with E-state index in [9.17, 15) is 9.59 Å². The number of nitrogens with one attached hydrogen (secondary N) is 2. The molecule has 78 valence electrons. The molecule has 0 aliphatic heterocycles. The van der Waals surface area contributed by atoms with Crippen LogP contribution in [-0.2, 0) is 9.59 Å². The zero-order valence-corrected chi connectivity index (χ0v) is 7.49. The lowest BCUT2D eigenvalue weighted by Gasteiger charge is -2.11. The molecule has 0 aromatic heterocycles. The molecule has 0 unspecified atom stereocenters. The standard InChI is InChI=1S/C8H12N2O4/c1-2-3-9-4-7(12)10-6(5-11)8(13)14/h1,6,9,11H,3-5H2,(H,10,12)(H,13,14)/t6-/m1/s1. The molecule has 0 heterocycles. The Labute approximate surface area is 81.3 Å². The summed E-state index contributed by atoms with van der Waals surface area (Å²) in [7, 11) is 0. The minimum Gasteiger partial charge on any atom is -0.480 e. The third-order valence-corrected chi connectivity index (χ3v) is 1.33. The van der Waals surface area contributed by atoms with Crippen molar-refractivity contribution >= 4 is 11.9 Å². The Kier molecular flexibility index (Phi) is 6.11. The van der Waals surface area contributed by atoms with Crippen LogP contribution in [0.4, 0.5) is 0 Å². The molecule has 1 amide bonds. The largest absolute Gasteiger partial charge is 0.480 e. The number of carbonyl (C=O) groups is 2. The second-order valence-corrected chi connectivity index (χ2v) is 2.45. The van der Waals surface area contributed by atoms with Crippen molar-refractivity contribution in [1.29, 1.82) is 0 Å². The number of carboxylic acids is 1. The molecule has 0 aliphatic carbocycles. The Morgan fingerprint density at radius 1 is 1.50 bits per heavy atom. The highest BCUT2D eigenvalue weighted by Gasteiger charge is 2.17. The maximum Gasteiger partial charge on any atom is 0.328 e. The van der Waals surface area contributed by atoms with Crippen molar-refractivity contribution in [2.24, 2.45) is 0 Å². The molecule has 0 saturated heterocycles. The average Bonchev–Trinajstić information content (AvgIpc) is 2.14. The van der Waals surface area contributed by atoms with Gasteiger partial charge in [-0.25, -0.2) is 4.79 Å². The van der Waals surface area contributed by atoms with E-state index in [1.54, 1.807) is 0 Å². The lowest BCUT2D eigenvalue weighted by molar-refractivity contribution is -0.142. The Bertz CT molecular complexity index is 246. The van der Waals surface area contributed by atoms with E-state index in [2.05, 4.69) is 16.6 Å². The lowest BCUT2D eigenvalue weighted by atomic mass is 10.3. The first kappa shape index (κ1) is 12.4. The first-order valence-corrected chi connectivity index (χ1v) is 3.89. The van der Waals surface area contributed by atoms with Crippen molar-refractivity contribution in [3.05, 3.63) is 0 Å². The highest BCUT2D eigenvalue weighted by molar-refractivity contribution is 5.84. The molecule has 0 aromatic carbocycles. The van der Waals surface area contributed by atoms with Gasteiger partial charge in [0.15, 0.2) is 0 Å². The smallest absolute Gasteiger partial charge is 0.328 e. The van der Waals surface area contributed by atoms with Gasteiger partial charge in [-0.1, -0.05) is 5.92 Å². The first-order chi connectivity index (χ1) is 6.61. The summed E-state index contributed by atoms with van der Waals surface area (Å²) in [6, 6.07) is -1.27. The van der Waals surface area contributed by atoms with Gasteiger partial charge in [-0.05, 0) is 0 Å². The third kappa shape index (κ3) is 5.13. The number of hydrogen-bond acceptors (Lipinski definition) is 4. The summed E-state index contributed by atoms with van der Waals surface area (Å²) in [6.45, 7) is -0.492. The minimum absolute atomic E-state index is 0.0754. The van der Waals surface area contributed by atoms with Crippen molar-refractivity contribution in [3.8, 4) is 12.3 Å². The van der Waals surface area contributed by atoms with Crippen molar-refractivity contribution in [2.45, 2.75) is 6.04 Å². The van der Waals surface area contributed by atoms with E-state index in [-0.39, 0.29) is 13.1 Å². The molecule has 6 heteroatoms. The van der Waals surface area contributed by atoms with Crippen molar-refractivity contribution < 1.29 is 19.8 Å². The van der Waals surface area contributed by atoms with E-state index in [1.807, 2.05) is 0 Å². The van der Waals surface area contributed by atoms with Crippen molar-refractivity contribution in [1.82, 2.24) is 10.6 Å². The molecule has 14 heavy (non-hydrogen) atoms. The van der Waals surface area contributed by atoms with E-state index >= 15 is 0 Å². The van der Waals surface area contributed by atoms with Crippen LogP contribution in [-0.4, -0.2) is 47.8 Å². The Morgan fingerprint density at radius 3 is 2.57 bits per heavy atom. The summed E-state index contributed by atoms with van der Waals surface area (Å²) in [6.07, 6.45) is 4.91. The Hall–Kier alpha value is -1.58. The Morgan fingerprint density at radius 2 is 2.14 bits per heavy atom. The van der Waals surface area contributed by atoms with Crippen LogP contribution in [0.5, 0.6) is 0 Å². The van der Waals surface area contributed by atoms with Gasteiger partial charge in [0.2, 0.25) is 5.91 Å². The second-order valence-electron chi connectivity index (χ2n) is 2.45. The van der Waals surface area contributed by atoms with Crippen LogP contribution >= 0.6 is 0 Å². The third-order valence-electron chi connectivity index (χ3n) is 1.33. The molecule has 0 spiro atoms. The monoisotopic (exact) mass is 200 g/mol. The zero-order valence-electron chi connectivity index (χ0n) is 7.49. The first-order valence-electron chi connectivity index (χ1n) is 3.89. The van der Waals surface area contributed by atoms with Gasteiger partial charge in [-0.15, -0.1) is 6.42 Å². The van der Waals surface area contributed by atoms with E-state index in [4.69, 9.17) is 16.6 Å². The van der Waals surface area contributed by atoms with Crippen LogP contribution in [0.25, 0.3) is 0 Å². The van der Waals surface area contributed by atoms with Gasteiger partial charge < -0.3 is 15.5 Å². The van der Waals surface area contributed by atoms with Crippen LogP contribution < -0.4 is 10.6 Å². The lowest BCUT2D eigenvalue weighted by Crippen LogP contribution is -2.46. The molecular weight excluding hydrogens is 188 g/mol. The van der Waals surface area contributed by atoms with E-state index in [0.717, 1.165) is 0 Å². The van der Waals surface area contributed by atoms with Gasteiger partial charge in [0, 0.05) is 0 Å². The highest BCUT2D eigenvalue weighted by atomic mass is 16.4. The summed E-state index contributed by atoms with van der Waals surface area (Å²) in [5.74, 6) is 0.450. The van der Waals surface area contributed by atoms with E-state index in [1.165, 1.54) is 0 Å². The van der Waals surface area contributed by atoms with Gasteiger partial charge in [0.25, 0.3) is 0 Å². The molecule has 0 radical (unpaired) electrons. The number of aliphatic hydroxyl groups excluding tert-OH is 1. The highest BCUT2D eigenvalue weighted by Crippen LogP contribution is 1.81. The van der Waals surface area contributed by atoms with Crippen LogP contribution in [0.1, 0.15) is 0 Å². The average molecular weight is 200 g/mol. The molecule has 1 atom stereocenters. The van der Waals surface area contributed by atoms with Gasteiger partial charge in [0.1, 0.15) is 6.04 Å². The van der Waals surface area contributed by atoms with Gasteiger partial charge in [-0.2, -0.15) is 0 Å². The predicted molar refractivity (Wildman–Crippen MR) is 48.4 cm³/mol. The number of carbonyl (C=O) groups excluding carboxylic acids is 1. The number of carboxylic acid groups (broad SMARTS) is 1. The fourth-order valence-corrected chi connectivity index (χ4v) is 0.679. The van der Waals surface area contributed by atoms with E-state index < -0.39 is 24.5 Å². The van der Waals surface area contributed by atoms with Crippen molar-refractivity contribution in [2.75, 3.05) is 19.7 Å². The minimum atomic E-state index is -1.28. The predicted octanol–water partition coefficient (Wildman–Crippen LogP) is -2.23. The topological polar surface area (TPSA) is 98.7 Å². The summed E-state index contributed by atoms with van der Waals surface area (Å²) >= 11 is 0. The van der Waals surface area contributed by atoms with Crippen LogP contribution in [0.3, 0.4) is 0 Å². The quantitative estimate of drug-likeness (QED) is 0.287. The van der Waals surface area contributed by atoms with Gasteiger partial charge >= 0.3 is 5.97 Å². The fraction of sp³-hybridized carbons (Fsp3) is 0.500. The SMILES string of the molecule is C#CCNCC(=O)N[C@H](CO)C(=O)O. The molecular formula is C8H12N2O4. The number of aliphatic hydroxyl groups is 1. The number of aliphatic carboxylic acids is 1. The normalized spacial score (nSPS) is 11.4. The number of amides is 1. The summed E-state index contributed by atoms with van der Waals surface area (Å²) < 4.78 is 0. The van der Waals surface area contributed by atoms with E-state index in [0.29, 0.717) is 0 Å². The summed E-state index contributed by atoms with van der Waals surface area (Å²) in [4.78, 5) is 21.3. The van der Waals surface area contributed by atoms with Crippen LogP contribution in [0.2, 0.25) is 0 Å². The molecule has 6 nitrogen and oxygen atoms in total. The molecule has 0 bridgehead atoms. The number of hydrogen-bond donors (Lipinski definition) is 4. The fourth-order valence-electron chi connectivity index (χ4n) is 0.679. The van der Waals surface area contributed by atoms with Gasteiger partial charge in [-0.3, -0.25) is 10.1 Å². The molecule has 4 N–H and O–H groups in total. The van der Waals surface area contributed by atoms with Crippen molar-refractivity contribution in [3.63, 3.8) is 0 Å². The van der Waals surface area contributed by atoms with Crippen LogP contribution in [0, 0.1) is 12.3 Å².